The van der Waals surface area contributed by atoms with E-state index < -0.39 is 0 Å². The van der Waals surface area contributed by atoms with Gasteiger partial charge in [-0.05, 0) is 44.4 Å². The van der Waals surface area contributed by atoms with Crippen molar-refractivity contribution in [3.8, 4) is 0 Å². The molecular weight excluding hydrogens is 282 g/mol. The Morgan fingerprint density at radius 3 is 2.71 bits per heavy atom. The molecule has 0 saturated heterocycles. The number of pyridine rings is 1. The Labute approximate surface area is 129 Å². The number of amides is 1. The van der Waals surface area contributed by atoms with E-state index in [4.69, 9.17) is 0 Å². The molecule has 0 fully saturated rings. The van der Waals surface area contributed by atoms with Crippen LogP contribution in [0.25, 0.3) is 0 Å². The Morgan fingerprint density at radius 1 is 1.38 bits per heavy atom. The molecule has 0 aliphatic rings. The Balaban J connectivity index is 2.14. The molecule has 0 aliphatic carbocycles. The van der Waals surface area contributed by atoms with Gasteiger partial charge >= 0.3 is 0 Å². The van der Waals surface area contributed by atoms with Gasteiger partial charge in [-0.1, -0.05) is 6.07 Å². The maximum absolute atomic E-state index is 12.7. The second kappa shape index (κ2) is 7.22. The van der Waals surface area contributed by atoms with Gasteiger partial charge in [-0.2, -0.15) is 0 Å². The molecule has 2 aromatic heterocycles. The van der Waals surface area contributed by atoms with Crippen LogP contribution in [0.2, 0.25) is 0 Å². The average molecular weight is 303 g/mol. The first-order valence-corrected chi connectivity index (χ1v) is 8.03. The lowest BCUT2D eigenvalue weighted by Gasteiger charge is -2.26. The average Bonchev–Trinajstić information content (AvgIpc) is 2.98. The van der Waals surface area contributed by atoms with Crippen molar-refractivity contribution in [2.75, 3.05) is 11.9 Å². The smallest absolute Gasteiger partial charge is 0.255 e. The summed E-state index contributed by atoms with van der Waals surface area (Å²) in [6, 6.07) is 7.89. The van der Waals surface area contributed by atoms with Crippen molar-refractivity contribution in [2.24, 2.45) is 0 Å². The summed E-state index contributed by atoms with van der Waals surface area (Å²) in [6.07, 6.45) is 1.64. The first-order chi connectivity index (χ1) is 10.1. The highest BCUT2D eigenvalue weighted by Gasteiger charge is 2.19. The third-order valence-electron chi connectivity index (χ3n) is 3.16. The van der Waals surface area contributed by atoms with Crippen LogP contribution < -0.4 is 5.32 Å². The minimum absolute atomic E-state index is 0.0222. The molecule has 2 heterocycles. The zero-order valence-corrected chi connectivity index (χ0v) is 13.5. The van der Waals surface area contributed by atoms with Gasteiger partial charge in [-0.15, -0.1) is 11.3 Å². The summed E-state index contributed by atoms with van der Waals surface area (Å²) >= 11 is 1.67. The van der Waals surface area contributed by atoms with E-state index in [2.05, 4.69) is 16.4 Å². The number of carbonyl (C=O) groups is 1. The summed E-state index contributed by atoms with van der Waals surface area (Å²) < 4.78 is 0. The Bertz CT molecular complexity index is 564. The third kappa shape index (κ3) is 4.04. The largest absolute Gasteiger partial charge is 0.370 e. The van der Waals surface area contributed by atoms with Gasteiger partial charge in [0.25, 0.3) is 5.91 Å². The van der Waals surface area contributed by atoms with Crippen molar-refractivity contribution in [1.29, 1.82) is 0 Å². The predicted molar refractivity (Wildman–Crippen MR) is 87.7 cm³/mol. The van der Waals surface area contributed by atoms with Crippen LogP contribution in [0.15, 0.2) is 35.8 Å². The van der Waals surface area contributed by atoms with Crippen molar-refractivity contribution >= 4 is 23.1 Å². The van der Waals surface area contributed by atoms with Crippen molar-refractivity contribution in [1.82, 2.24) is 9.88 Å². The van der Waals surface area contributed by atoms with E-state index in [1.54, 1.807) is 17.5 Å². The van der Waals surface area contributed by atoms with E-state index >= 15 is 0 Å². The van der Waals surface area contributed by atoms with Gasteiger partial charge in [-0.25, -0.2) is 4.98 Å². The summed E-state index contributed by atoms with van der Waals surface area (Å²) in [4.78, 5) is 20.0. The van der Waals surface area contributed by atoms with Crippen LogP contribution in [0.1, 0.15) is 36.0 Å². The van der Waals surface area contributed by atoms with Gasteiger partial charge < -0.3 is 10.2 Å². The van der Waals surface area contributed by atoms with E-state index in [-0.39, 0.29) is 11.9 Å². The molecule has 0 aliphatic heterocycles. The quantitative estimate of drug-likeness (QED) is 0.886. The second-order valence-electron chi connectivity index (χ2n) is 5.07. The van der Waals surface area contributed by atoms with Gasteiger partial charge in [0.2, 0.25) is 0 Å². The van der Waals surface area contributed by atoms with Crippen molar-refractivity contribution in [3.63, 3.8) is 0 Å². The standard InChI is InChI=1S/C16H21N3OS/c1-4-17-15-8-7-13(10-18-15)16(20)19(12(2)3)11-14-6-5-9-21-14/h5-10,12H,4,11H2,1-3H3,(H,17,18). The van der Waals surface area contributed by atoms with Gasteiger partial charge in [0.15, 0.2) is 0 Å². The van der Waals surface area contributed by atoms with Crippen molar-refractivity contribution in [3.05, 3.63) is 46.3 Å². The Hall–Kier alpha value is -1.88. The highest BCUT2D eigenvalue weighted by atomic mass is 32.1. The van der Waals surface area contributed by atoms with Crippen LogP contribution in [0.4, 0.5) is 5.82 Å². The number of thiophene rings is 1. The van der Waals surface area contributed by atoms with E-state index in [9.17, 15) is 4.79 Å². The first-order valence-electron chi connectivity index (χ1n) is 7.15. The van der Waals surface area contributed by atoms with E-state index in [1.807, 2.05) is 49.3 Å². The van der Waals surface area contributed by atoms with E-state index in [0.717, 1.165) is 12.4 Å². The van der Waals surface area contributed by atoms with Crippen molar-refractivity contribution < 1.29 is 4.79 Å². The molecule has 21 heavy (non-hydrogen) atoms. The summed E-state index contributed by atoms with van der Waals surface area (Å²) in [5.41, 5.74) is 0.627. The van der Waals surface area contributed by atoms with Crippen LogP contribution >= 0.6 is 11.3 Å². The van der Waals surface area contributed by atoms with Crippen LogP contribution in [-0.4, -0.2) is 28.4 Å². The molecule has 0 aromatic carbocycles. The number of hydrogen-bond donors (Lipinski definition) is 1. The molecule has 0 unspecified atom stereocenters. The highest BCUT2D eigenvalue weighted by molar-refractivity contribution is 7.09. The molecule has 0 atom stereocenters. The van der Waals surface area contributed by atoms with Crippen LogP contribution in [-0.2, 0) is 6.54 Å². The Kier molecular flexibility index (Phi) is 5.33. The molecule has 1 amide bonds. The summed E-state index contributed by atoms with van der Waals surface area (Å²) in [5, 5.41) is 5.16. The first kappa shape index (κ1) is 15.5. The zero-order valence-electron chi connectivity index (χ0n) is 12.7. The molecule has 1 N–H and O–H groups in total. The number of nitrogens with zero attached hydrogens (tertiary/aromatic N) is 2. The minimum Gasteiger partial charge on any atom is -0.370 e. The summed E-state index contributed by atoms with van der Waals surface area (Å²) in [6.45, 7) is 7.54. The van der Waals surface area contributed by atoms with Gasteiger partial charge in [0, 0.05) is 23.7 Å². The third-order valence-corrected chi connectivity index (χ3v) is 4.02. The number of anilines is 1. The van der Waals surface area contributed by atoms with Gasteiger partial charge in [0.05, 0.1) is 12.1 Å². The number of carbonyl (C=O) groups excluding carboxylic acids is 1. The molecule has 2 rings (SSSR count). The monoisotopic (exact) mass is 303 g/mol. The maximum Gasteiger partial charge on any atom is 0.255 e. The van der Waals surface area contributed by atoms with Crippen LogP contribution in [0.3, 0.4) is 0 Å². The molecule has 112 valence electrons. The molecule has 0 bridgehead atoms. The molecule has 0 saturated carbocycles. The Morgan fingerprint density at radius 2 is 2.19 bits per heavy atom. The lowest BCUT2D eigenvalue weighted by Crippen LogP contribution is -2.36. The number of rotatable bonds is 6. The predicted octanol–water partition coefficient (Wildman–Crippen LogP) is 3.63. The SMILES string of the molecule is CCNc1ccc(C(=O)N(Cc2cccs2)C(C)C)cn1. The van der Waals surface area contributed by atoms with Crippen molar-refractivity contribution in [2.45, 2.75) is 33.4 Å². The molecule has 5 heteroatoms. The number of aromatic nitrogens is 1. The minimum atomic E-state index is 0.0222. The summed E-state index contributed by atoms with van der Waals surface area (Å²) in [5.74, 6) is 0.817. The number of nitrogens with one attached hydrogen (secondary N) is 1. The number of hydrogen-bond acceptors (Lipinski definition) is 4. The highest BCUT2D eigenvalue weighted by Crippen LogP contribution is 2.17. The second-order valence-corrected chi connectivity index (χ2v) is 6.10. The fourth-order valence-corrected chi connectivity index (χ4v) is 2.73. The molecular formula is C16H21N3OS. The topological polar surface area (TPSA) is 45.2 Å². The summed E-state index contributed by atoms with van der Waals surface area (Å²) in [7, 11) is 0. The maximum atomic E-state index is 12.7. The van der Waals surface area contributed by atoms with Crippen LogP contribution in [0, 0.1) is 0 Å². The van der Waals surface area contributed by atoms with Gasteiger partial charge in [-0.3, -0.25) is 4.79 Å². The molecule has 0 spiro atoms. The molecule has 2 aromatic rings. The van der Waals surface area contributed by atoms with Gasteiger partial charge in [0.1, 0.15) is 5.82 Å². The van der Waals surface area contributed by atoms with E-state index in [0.29, 0.717) is 12.1 Å². The lowest BCUT2D eigenvalue weighted by atomic mass is 10.2. The van der Waals surface area contributed by atoms with Crippen LogP contribution in [0.5, 0.6) is 0 Å². The normalized spacial score (nSPS) is 10.7. The molecule has 4 nitrogen and oxygen atoms in total. The zero-order chi connectivity index (χ0) is 15.2. The fourth-order valence-electron chi connectivity index (χ4n) is 2.03. The fraction of sp³-hybridized carbons (Fsp3) is 0.375. The molecule has 0 radical (unpaired) electrons. The van der Waals surface area contributed by atoms with E-state index in [1.165, 1.54) is 4.88 Å². The lowest BCUT2D eigenvalue weighted by molar-refractivity contribution is 0.0692.